The molecule has 4 heteroatoms. The van der Waals surface area contributed by atoms with Crippen molar-refractivity contribution in [3.63, 3.8) is 0 Å². The van der Waals surface area contributed by atoms with Gasteiger partial charge in [0.2, 0.25) is 0 Å². The number of allylic oxidation sites excluding steroid dienone is 11. The van der Waals surface area contributed by atoms with Gasteiger partial charge in [-0.15, -0.1) is 0 Å². The lowest BCUT2D eigenvalue weighted by Gasteiger charge is -2.36. The van der Waals surface area contributed by atoms with E-state index in [0.29, 0.717) is 29.4 Å². The van der Waals surface area contributed by atoms with Crippen LogP contribution in [0.1, 0.15) is 64.7 Å². The van der Waals surface area contributed by atoms with Crippen LogP contribution in [0, 0.1) is 29.6 Å². The second kappa shape index (κ2) is 11.4. The van der Waals surface area contributed by atoms with E-state index in [4.69, 9.17) is 9.47 Å². The summed E-state index contributed by atoms with van der Waals surface area (Å²) < 4.78 is 25.3. The van der Waals surface area contributed by atoms with Gasteiger partial charge in [-0.2, -0.15) is 0 Å². The number of aliphatic hydroxyl groups excluding tert-OH is 1. The third kappa shape index (κ3) is 5.90. The first kappa shape index (κ1) is 24.1. The highest BCUT2D eigenvalue weighted by Gasteiger charge is 2.32. The zero-order valence-electron chi connectivity index (χ0n) is 20.1. The molecule has 4 rings (SSSR count). The summed E-state index contributed by atoms with van der Waals surface area (Å²) in [6, 6.07) is 0. The van der Waals surface area contributed by atoms with Crippen molar-refractivity contribution in [1.29, 1.82) is 0 Å². The van der Waals surface area contributed by atoms with Crippen LogP contribution in [-0.4, -0.2) is 19.0 Å². The quantitative estimate of drug-likeness (QED) is 0.285. The van der Waals surface area contributed by atoms with Crippen LogP contribution in [0.15, 0.2) is 71.0 Å². The molecule has 180 valence electrons. The van der Waals surface area contributed by atoms with Crippen molar-refractivity contribution >= 4 is 0 Å². The second-order valence-electron chi connectivity index (χ2n) is 10.0. The molecule has 0 bridgehead atoms. The van der Waals surface area contributed by atoms with E-state index in [1.807, 2.05) is 6.08 Å². The lowest BCUT2D eigenvalue weighted by Crippen LogP contribution is -2.25. The Labute approximate surface area is 198 Å². The highest BCUT2D eigenvalue weighted by molar-refractivity contribution is 5.40. The van der Waals surface area contributed by atoms with E-state index in [1.54, 1.807) is 13.2 Å². The smallest absolute Gasteiger partial charge is 0.188 e. The van der Waals surface area contributed by atoms with E-state index in [9.17, 15) is 9.50 Å². The van der Waals surface area contributed by atoms with Crippen molar-refractivity contribution in [3.05, 3.63) is 71.0 Å². The summed E-state index contributed by atoms with van der Waals surface area (Å²) in [5, 5.41) is 10.1. The Balaban J connectivity index is 1.31. The van der Waals surface area contributed by atoms with Crippen LogP contribution in [0.4, 0.5) is 4.39 Å². The minimum Gasteiger partial charge on any atom is -0.504 e. The highest BCUT2D eigenvalue weighted by atomic mass is 19.1. The molecule has 1 N–H and O–H groups in total. The van der Waals surface area contributed by atoms with Crippen LogP contribution in [0.5, 0.6) is 0 Å². The van der Waals surface area contributed by atoms with Crippen molar-refractivity contribution in [2.45, 2.75) is 64.7 Å². The molecule has 0 aromatic carbocycles. The lowest BCUT2D eigenvalue weighted by atomic mass is 9.70. The summed E-state index contributed by atoms with van der Waals surface area (Å²) in [5.74, 6) is 2.89. The van der Waals surface area contributed by atoms with Gasteiger partial charge < -0.3 is 14.6 Å². The molecule has 1 fully saturated rings. The van der Waals surface area contributed by atoms with Crippen molar-refractivity contribution in [3.8, 4) is 0 Å². The standard InChI is InChI=1S/C29H39FO3/c1-3-4-5-6-25-15-23-12-11-22(16-26(23)17-27(25)30)20-7-9-21(10-8-20)24-13-14-28(31)29(18-24)33-19-32-2/h11-17,20-21,23-24,26,31H,3-10,18-19H2,1-2H3. The van der Waals surface area contributed by atoms with Crippen molar-refractivity contribution in [1.82, 2.24) is 0 Å². The molecular formula is C29H39FO3. The molecule has 0 heterocycles. The van der Waals surface area contributed by atoms with Crippen LogP contribution in [0.3, 0.4) is 0 Å². The van der Waals surface area contributed by atoms with Crippen LogP contribution in [-0.2, 0) is 9.47 Å². The zero-order chi connectivity index (χ0) is 23.2. The first-order valence-corrected chi connectivity index (χ1v) is 12.8. The third-order valence-corrected chi connectivity index (χ3v) is 7.84. The van der Waals surface area contributed by atoms with E-state index >= 15 is 0 Å². The van der Waals surface area contributed by atoms with Gasteiger partial charge in [0.05, 0.1) is 0 Å². The molecule has 4 aliphatic rings. The maximum absolute atomic E-state index is 14.7. The largest absolute Gasteiger partial charge is 0.504 e. The minimum atomic E-state index is -0.00569. The Bertz CT molecular complexity index is 867. The van der Waals surface area contributed by atoms with Gasteiger partial charge in [0.25, 0.3) is 0 Å². The predicted molar refractivity (Wildman–Crippen MR) is 131 cm³/mol. The number of fused-ring (bicyclic) bond motifs is 1. The number of ether oxygens (including phenoxy) is 2. The molecule has 0 spiro atoms. The molecule has 0 aliphatic heterocycles. The maximum atomic E-state index is 14.7. The van der Waals surface area contributed by atoms with E-state index in [0.717, 1.165) is 50.5 Å². The highest BCUT2D eigenvalue weighted by Crippen LogP contribution is 2.43. The molecule has 4 aliphatic carbocycles. The number of aliphatic hydroxyl groups is 1. The number of hydrogen-bond acceptors (Lipinski definition) is 3. The third-order valence-electron chi connectivity index (χ3n) is 7.84. The summed E-state index contributed by atoms with van der Waals surface area (Å²) in [4.78, 5) is 0. The van der Waals surface area contributed by atoms with Gasteiger partial charge >= 0.3 is 0 Å². The van der Waals surface area contributed by atoms with Gasteiger partial charge in [-0.25, -0.2) is 4.39 Å². The molecule has 0 amide bonds. The van der Waals surface area contributed by atoms with Crippen molar-refractivity contribution in [2.24, 2.45) is 29.6 Å². The SMILES string of the molecule is CCCCCC1=CC2C=CC(C3CCC(C4C=CC(O)=C(OCOC)C4)CC3)=CC2C=C1F. The maximum Gasteiger partial charge on any atom is 0.188 e. The Kier molecular flexibility index (Phi) is 8.29. The molecule has 33 heavy (non-hydrogen) atoms. The summed E-state index contributed by atoms with van der Waals surface area (Å²) in [5.41, 5.74) is 2.30. The minimum absolute atomic E-state index is 0.00569. The summed E-state index contributed by atoms with van der Waals surface area (Å²) >= 11 is 0. The second-order valence-corrected chi connectivity index (χ2v) is 10.0. The van der Waals surface area contributed by atoms with E-state index in [1.165, 1.54) is 18.4 Å². The normalized spacial score (nSPS) is 31.6. The fourth-order valence-corrected chi connectivity index (χ4v) is 5.86. The Hall–Kier alpha value is -2.07. The molecule has 0 radical (unpaired) electrons. The number of rotatable bonds is 9. The van der Waals surface area contributed by atoms with E-state index in [-0.39, 0.29) is 24.3 Å². The summed E-state index contributed by atoms with van der Waals surface area (Å²) in [7, 11) is 1.59. The molecular weight excluding hydrogens is 415 g/mol. The molecule has 3 nitrogen and oxygen atoms in total. The van der Waals surface area contributed by atoms with Crippen molar-refractivity contribution in [2.75, 3.05) is 13.9 Å². The van der Waals surface area contributed by atoms with Gasteiger partial charge in [0.1, 0.15) is 11.6 Å². The molecule has 0 aromatic rings. The average molecular weight is 455 g/mol. The van der Waals surface area contributed by atoms with Crippen molar-refractivity contribution < 1.29 is 19.0 Å². The molecule has 1 saturated carbocycles. The first-order valence-electron chi connectivity index (χ1n) is 12.8. The summed E-state index contributed by atoms with van der Waals surface area (Å²) in [6.07, 6.45) is 24.5. The van der Waals surface area contributed by atoms with Gasteiger partial charge in [-0.1, -0.05) is 50.1 Å². The lowest BCUT2D eigenvalue weighted by molar-refractivity contribution is -0.00551. The number of hydrogen-bond donors (Lipinski definition) is 1. The topological polar surface area (TPSA) is 38.7 Å². The Morgan fingerprint density at radius 3 is 2.58 bits per heavy atom. The molecule has 0 saturated heterocycles. The monoisotopic (exact) mass is 454 g/mol. The molecule has 3 unspecified atom stereocenters. The van der Waals surface area contributed by atoms with Crippen LogP contribution >= 0.6 is 0 Å². The first-order chi connectivity index (χ1) is 16.1. The Morgan fingerprint density at radius 2 is 1.82 bits per heavy atom. The van der Waals surface area contributed by atoms with Gasteiger partial charge in [-0.05, 0) is 79.6 Å². The zero-order valence-corrected chi connectivity index (χ0v) is 20.1. The number of methoxy groups -OCH3 is 1. The number of halogens is 1. The van der Waals surface area contributed by atoms with Crippen LogP contribution in [0.25, 0.3) is 0 Å². The van der Waals surface area contributed by atoms with Gasteiger partial charge in [0, 0.05) is 25.4 Å². The average Bonchev–Trinajstić information content (AvgIpc) is 2.84. The van der Waals surface area contributed by atoms with Gasteiger partial charge in [0.15, 0.2) is 12.6 Å². The van der Waals surface area contributed by atoms with Gasteiger partial charge in [-0.3, -0.25) is 0 Å². The molecule has 0 aromatic heterocycles. The van der Waals surface area contributed by atoms with E-state index < -0.39 is 0 Å². The van der Waals surface area contributed by atoms with Crippen LogP contribution < -0.4 is 0 Å². The predicted octanol–water partition coefficient (Wildman–Crippen LogP) is 7.86. The Morgan fingerprint density at radius 1 is 1.00 bits per heavy atom. The van der Waals surface area contributed by atoms with E-state index in [2.05, 4.69) is 37.3 Å². The molecule has 3 atom stereocenters. The fourth-order valence-electron chi connectivity index (χ4n) is 5.86. The number of unbranched alkanes of at least 4 members (excludes halogenated alkanes) is 2. The van der Waals surface area contributed by atoms with Crippen LogP contribution in [0.2, 0.25) is 0 Å². The fraction of sp³-hybridized carbons (Fsp3) is 0.586. The summed E-state index contributed by atoms with van der Waals surface area (Å²) in [6.45, 7) is 2.35.